The second-order valence-electron chi connectivity index (χ2n) is 5.15. The highest BCUT2D eigenvalue weighted by Gasteiger charge is 2.13. The first-order valence-corrected chi connectivity index (χ1v) is 8.26. The number of rotatable bonds is 4. The molecular formula is C15H15N5OS2. The second kappa shape index (κ2) is 6.43. The van der Waals surface area contributed by atoms with Crippen LogP contribution in [0.25, 0.3) is 11.4 Å². The number of nitrogens with zero attached hydrogens (tertiary/aromatic N) is 3. The maximum atomic E-state index is 12.2. The SMILES string of the molecule is Cc1ccc(-c2n[nH]c(=S)n2CC(=O)Nc2nc(C)cs2)cc1. The number of aromatic nitrogens is 4. The van der Waals surface area contributed by atoms with Gasteiger partial charge in [-0.1, -0.05) is 29.8 Å². The smallest absolute Gasteiger partial charge is 0.246 e. The lowest BCUT2D eigenvalue weighted by molar-refractivity contribution is -0.116. The number of H-pyrrole nitrogens is 1. The summed E-state index contributed by atoms with van der Waals surface area (Å²) in [5, 5.41) is 12.2. The van der Waals surface area contributed by atoms with E-state index in [1.54, 1.807) is 4.57 Å². The zero-order valence-corrected chi connectivity index (χ0v) is 14.3. The molecule has 8 heteroatoms. The summed E-state index contributed by atoms with van der Waals surface area (Å²) in [6.07, 6.45) is 0. The highest BCUT2D eigenvalue weighted by molar-refractivity contribution is 7.71. The van der Waals surface area contributed by atoms with E-state index in [4.69, 9.17) is 12.2 Å². The van der Waals surface area contributed by atoms with Crippen LogP contribution in [0.2, 0.25) is 0 Å². The molecule has 0 unspecified atom stereocenters. The summed E-state index contributed by atoms with van der Waals surface area (Å²) in [4.78, 5) is 16.4. The molecule has 1 amide bonds. The van der Waals surface area contributed by atoms with Crippen molar-refractivity contribution in [3.05, 3.63) is 45.7 Å². The Kier molecular flexibility index (Phi) is 4.35. The largest absolute Gasteiger partial charge is 0.300 e. The molecule has 3 rings (SSSR count). The minimum Gasteiger partial charge on any atom is -0.300 e. The van der Waals surface area contributed by atoms with E-state index in [0.717, 1.165) is 16.8 Å². The van der Waals surface area contributed by atoms with Gasteiger partial charge in [0.25, 0.3) is 0 Å². The fourth-order valence-corrected chi connectivity index (χ4v) is 3.00. The van der Waals surface area contributed by atoms with Gasteiger partial charge in [-0.25, -0.2) is 4.98 Å². The molecule has 0 atom stereocenters. The van der Waals surface area contributed by atoms with Gasteiger partial charge < -0.3 is 5.32 Å². The molecule has 2 heterocycles. The highest BCUT2D eigenvalue weighted by Crippen LogP contribution is 2.19. The number of aromatic amines is 1. The summed E-state index contributed by atoms with van der Waals surface area (Å²) >= 11 is 6.63. The average molecular weight is 345 g/mol. The number of anilines is 1. The van der Waals surface area contributed by atoms with E-state index in [1.165, 1.54) is 11.3 Å². The third kappa shape index (κ3) is 3.54. The molecule has 0 aliphatic heterocycles. The molecule has 2 aromatic heterocycles. The minimum atomic E-state index is -0.190. The Morgan fingerprint density at radius 2 is 2.09 bits per heavy atom. The number of carbonyl (C=O) groups is 1. The zero-order valence-electron chi connectivity index (χ0n) is 12.7. The number of nitrogens with one attached hydrogen (secondary N) is 2. The molecule has 6 nitrogen and oxygen atoms in total. The Morgan fingerprint density at radius 1 is 1.35 bits per heavy atom. The van der Waals surface area contributed by atoms with Crippen molar-refractivity contribution in [1.29, 1.82) is 0 Å². The van der Waals surface area contributed by atoms with Crippen molar-refractivity contribution < 1.29 is 4.79 Å². The normalized spacial score (nSPS) is 10.7. The van der Waals surface area contributed by atoms with Gasteiger partial charge >= 0.3 is 0 Å². The van der Waals surface area contributed by atoms with E-state index in [2.05, 4.69) is 20.5 Å². The molecule has 1 aromatic carbocycles. The van der Waals surface area contributed by atoms with Gasteiger partial charge in [-0.3, -0.25) is 14.5 Å². The van der Waals surface area contributed by atoms with E-state index in [-0.39, 0.29) is 12.5 Å². The van der Waals surface area contributed by atoms with Crippen LogP contribution < -0.4 is 5.32 Å². The van der Waals surface area contributed by atoms with Crippen molar-refractivity contribution in [2.24, 2.45) is 0 Å². The fraction of sp³-hybridized carbons (Fsp3) is 0.200. The molecule has 3 aromatic rings. The van der Waals surface area contributed by atoms with E-state index in [9.17, 15) is 4.79 Å². The Bertz CT molecular complexity index is 891. The monoisotopic (exact) mass is 345 g/mol. The lowest BCUT2D eigenvalue weighted by atomic mass is 10.1. The van der Waals surface area contributed by atoms with Crippen LogP contribution in [0, 0.1) is 18.6 Å². The Morgan fingerprint density at radius 3 is 2.74 bits per heavy atom. The predicted octanol–water partition coefficient (Wildman–Crippen LogP) is 3.32. The highest BCUT2D eigenvalue weighted by atomic mass is 32.1. The summed E-state index contributed by atoms with van der Waals surface area (Å²) in [5.41, 5.74) is 2.94. The van der Waals surface area contributed by atoms with Gasteiger partial charge in [0.1, 0.15) is 6.54 Å². The molecule has 118 valence electrons. The molecule has 0 saturated carbocycles. The summed E-state index contributed by atoms with van der Waals surface area (Å²) in [6.45, 7) is 3.98. The van der Waals surface area contributed by atoms with Crippen LogP contribution in [0.1, 0.15) is 11.3 Å². The van der Waals surface area contributed by atoms with Crippen molar-refractivity contribution in [3.8, 4) is 11.4 Å². The fourth-order valence-electron chi connectivity index (χ4n) is 2.10. The molecule has 0 aliphatic carbocycles. The third-order valence-corrected chi connectivity index (χ3v) is 4.42. The number of amides is 1. The van der Waals surface area contributed by atoms with Gasteiger partial charge in [-0.15, -0.1) is 11.3 Å². The van der Waals surface area contributed by atoms with Gasteiger partial charge in [0.05, 0.1) is 5.69 Å². The quantitative estimate of drug-likeness (QED) is 0.711. The number of aryl methyl sites for hydroxylation is 2. The van der Waals surface area contributed by atoms with Crippen molar-refractivity contribution in [1.82, 2.24) is 19.7 Å². The third-order valence-electron chi connectivity index (χ3n) is 3.24. The maximum Gasteiger partial charge on any atom is 0.246 e. The van der Waals surface area contributed by atoms with Crippen molar-refractivity contribution in [3.63, 3.8) is 0 Å². The topological polar surface area (TPSA) is 75.6 Å². The lowest BCUT2D eigenvalue weighted by Crippen LogP contribution is -2.19. The molecule has 0 fully saturated rings. The van der Waals surface area contributed by atoms with E-state index in [0.29, 0.717) is 15.7 Å². The molecule has 0 bridgehead atoms. The maximum absolute atomic E-state index is 12.2. The van der Waals surface area contributed by atoms with Gasteiger partial charge in [0.2, 0.25) is 5.91 Å². The Hall–Kier alpha value is -2.32. The number of thiazole rings is 1. The summed E-state index contributed by atoms with van der Waals surface area (Å²) < 4.78 is 2.08. The molecule has 0 radical (unpaired) electrons. The Balaban J connectivity index is 1.82. The number of hydrogen-bond donors (Lipinski definition) is 2. The predicted molar refractivity (Wildman–Crippen MR) is 93.1 cm³/mol. The molecule has 0 aliphatic rings. The van der Waals surface area contributed by atoms with Crippen LogP contribution in [-0.2, 0) is 11.3 Å². The first-order valence-electron chi connectivity index (χ1n) is 6.97. The number of benzene rings is 1. The van der Waals surface area contributed by atoms with Gasteiger partial charge in [-0.05, 0) is 26.1 Å². The number of carbonyl (C=O) groups excluding carboxylic acids is 1. The van der Waals surface area contributed by atoms with E-state index < -0.39 is 0 Å². The van der Waals surface area contributed by atoms with Crippen LogP contribution in [0.15, 0.2) is 29.6 Å². The average Bonchev–Trinajstić information content (AvgIpc) is 3.07. The Labute approximate surface area is 142 Å². The molecule has 23 heavy (non-hydrogen) atoms. The summed E-state index contributed by atoms with van der Waals surface area (Å²) in [7, 11) is 0. The molecule has 0 saturated heterocycles. The van der Waals surface area contributed by atoms with Crippen LogP contribution in [-0.4, -0.2) is 25.7 Å². The molecular weight excluding hydrogens is 330 g/mol. The van der Waals surface area contributed by atoms with Crippen LogP contribution >= 0.6 is 23.6 Å². The van der Waals surface area contributed by atoms with Gasteiger partial charge in [0, 0.05) is 10.9 Å². The molecule has 2 N–H and O–H groups in total. The minimum absolute atomic E-state index is 0.0805. The summed E-state index contributed by atoms with van der Waals surface area (Å²) in [5.74, 6) is 0.450. The van der Waals surface area contributed by atoms with Crippen LogP contribution in [0.3, 0.4) is 0 Å². The van der Waals surface area contributed by atoms with Crippen LogP contribution in [0.5, 0.6) is 0 Å². The van der Waals surface area contributed by atoms with E-state index in [1.807, 2.05) is 43.5 Å². The van der Waals surface area contributed by atoms with Gasteiger partial charge in [-0.2, -0.15) is 5.10 Å². The summed E-state index contributed by atoms with van der Waals surface area (Å²) in [6, 6.07) is 7.91. The molecule has 0 spiro atoms. The first-order chi connectivity index (χ1) is 11.0. The first kappa shape index (κ1) is 15.6. The number of hydrogen-bond acceptors (Lipinski definition) is 5. The van der Waals surface area contributed by atoms with Gasteiger partial charge in [0.15, 0.2) is 15.7 Å². The van der Waals surface area contributed by atoms with Crippen LogP contribution in [0.4, 0.5) is 5.13 Å². The lowest BCUT2D eigenvalue weighted by Gasteiger charge is -2.07. The van der Waals surface area contributed by atoms with Crippen molar-refractivity contribution in [2.75, 3.05) is 5.32 Å². The van der Waals surface area contributed by atoms with E-state index >= 15 is 0 Å². The standard InChI is InChI=1S/C15H15N5OS2/c1-9-3-5-11(6-4-9)13-18-19-15(22)20(13)7-12(21)17-14-16-10(2)8-23-14/h3-6,8H,7H2,1-2H3,(H,19,22)(H,16,17,21). The second-order valence-corrected chi connectivity index (χ2v) is 6.39. The van der Waals surface area contributed by atoms with Crippen molar-refractivity contribution >= 4 is 34.6 Å². The zero-order chi connectivity index (χ0) is 16.4. The van der Waals surface area contributed by atoms with Crippen molar-refractivity contribution in [2.45, 2.75) is 20.4 Å².